The van der Waals surface area contributed by atoms with Crippen LogP contribution in [-0.2, 0) is 4.74 Å². The Hall–Kier alpha value is -0.860. The summed E-state index contributed by atoms with van der Waals surface area (Å²) in [5, 5.41) is 13.9. The van der Waals surface area contributed by atoms with E-state index in [1.807, 2.05) is 24.3 Å². The number of nitrogens with one attached hydrogen (secondary N) is 2. The number of carbonyl (C=O) groups is 1. The third kappa shape index (κ3) is 5.85. The molecule has 0 aliphatic rings. The van der Waals surface area contributed by atoms with Crippen molar-refractivity contribution in [3.63, 3.8) is 0 Å². The Morgan fingerprint density at radius 1 is 1.35 bits per heavy atom. The minimum Gasteiger partial charge on any atom is -0.394 e. The van der Waals surface area contributed by atoms with Crippen molar-refractivity contribution in [3.05, 3.63) is 27.8 Å². The molecule has 0 aliphatic heterocycles. The van der Waals surface area contributed by atoms with Crippen LogP contribution < -0.4 is 10.6 Å². The van der Waals surface area contributed by atoms with E-state index in [4.69, 9.17) is 9.84 Å². The first kappa shape index (κ1) is 14.2. The minimum absolute atomic E-state index is 0.00555. The van der Waals surface area contributed by atoms with Gasteiger partial charge in [-0.05, 0) is 34.7 Å². The average Bonchev–Trinajstić information content (AvgIpc) is 2.32. The maximum absolute atomic E-state index is 11.5. The molecule has 0 atom stereocenters. The fourth-order valence-electron chi connectivity index (χ4n) is 1.13. The number of amides is 2. The van der Waals surface area contributed by atoms with E-state index >= 15 is 0 Å². The number of hydrogen-bond acceptors (Lipinski definition) is 3. The number of anilines is 1. The first-order valence-electron chi connectivity index (χ1n) is 5.22. The first-order valence-corrected chi connectivity index (χ1v) is 6.30. The highest BCUT2D eigenvalue weighted by Crippen LogP contribution is 2.16. The van der Waals surface area contributed by atoms with E-state index in [0.717, 1.165) is 9.26 Å². The van der Waals surface area contributed by atoms with Crippen molar-refractivity contribution in [2.75, 3.05) is 31.7 Å². The van der Waals surface area contributed by atoms with Gasteiger partial charge in [-0.1, -0.05) is 12.1 Å². The number of para-hydroxylation sites is 1. The van der Waals surface area contributed by atoms with Crippen LogP contribution in [0.5, 0.6) is 0 Å². The van der Waals surface area contributed by atoms with Crippen LogP contribution in [0.4, 0.5) is 10.5 Å². The molecule has 3 N–H and O–H groups in total. The molecular formula is C11H15IN2O3. The third-order valence-electron chi connectivity index (χ3n) is 1.89. The van der Waals surface area contributed by atoms with Crippen molar-refractivity contribution in [2.24, 2.45) is 0 Å². The van der Waals surface area contributed by atoms with Gasteiger partial charge >= 0.3 is 6.03 Å². The van der Waals surface area contributed by atoms with Crippen LogP contribution in [0.1, 0.15) is 0 Å². The fourth-order valence-corrected chi connectivity index (χ4v) is 1.65. The molecule has 0 bridgehead atoms. The van der Waals surface area contributed by atoms with Crippen LogP contribution >= 0.6 is 22.6 Å². The van der Waals surface area contributed by atoms with Crippen LogP contribution in [0.25, 0.3) is 0 Å². The first-order chi connectivity index (χ1) is 8.24. The molecule has 0 radical (unpaired) electrons. The zero-order chi connectivity index (χ0) is 12.5. The van der Waals surface area contributed by atoms with E-state index < -0.39 is 0 Å². The largest absolute Gasteiger partial charge is 0.394 e. The zero-order valence-corrected chi connectivity index (χ0v) is 11.4. The van der Waals surface area contributed by atoms with E-state index in [-0.39, 0.29) is 12.6 Å². The summed E-state index contributed by atoms with van der Waals surface area (Å²) in [4.78, 5) is 11.5. The summed E-state index contributed by atoms with van der Waals surface area (Å²) in [6.07, 6.45) is 0. The van der Waals surface area contributed by atoms with Crippen molar-refractivity contribution >= 4 is 34.3 Å². The average molecular weight is 350 g/mol. The van der Waals surface area contributed by atoms with E-state index in [2.05, 4.69) is 33.2 Å². The van der Waals surface area contributed by atoms with Gasteiger partial charge in [-0.25, -0.2) is 4.79 Å². The molecule has 0 aliphatic carbocycles. The van der Waals surface area contributed by atoms with Gasteiger partial charge in [0, 0.05) is 10.1 Å². The molecule has 0 unspecified atom stereocenters. The Balaban J connectivity index is 2.23. The molecule has 0 saturated carbocycles. The second kappa shape index (κ2) is 8.26. The van der Waals surface area contributed by atoms with Crippen molar-refractivity contribution in [2.45, 2.75) is 0 Å². The Morgan fingerprint density at radius 3 is 2.82 bits per heavy atom. The number of carbonyl (C=O) groups excluding carboxylic acids is 1. The lowest BCUT2D eigenvalue weighted by atomic mass is 10.3. The van der Waals surface area contributed by atoms with Gasteiger partial charge in [-0.15, -0.1) is 0 Å². The molecule has 17 heavy (non-hydrogen) atoms. The molecule has 0 heterocycles. The lowest BCUT2D eigenvalue weighted by Crippen LogP contribution is -2.32. The highest BCUT2D eigenvalue weighted by Gasteiger charge is 2.03. The summed E-state index contributed by atoms with van der Waals surface area (Å²) in [7, 11) is 0. The molecule has 1 aromatic rings. The topological polar surface area (TPSA) is 70.6 Å². The van der Waals surface area contributed by atoms with Gasteiger partial charge in [0.15, 0.2) is 0 Å². The van der Waals surface area contributed by atoms with Gasteiger partial charge in [0.2, 0.25) is 0 Å². The van der Waals surface area contributed by atoms with Gasteiger partial charge in [-0.3, -0.25) is 0 Å². The van der Waals surface area contributed by atoms with Crippen molar-refractivity contribution in [3.8, 4) is 0 Å². The summed E-state index contributed by atoms with van der Waals surface area (Å²) in [6.45, 7) is 1.09. The van der Waals surface area contributed by atoms with Crippen molar-refractivity contribution in [1.82, 2.24) is 5.32 Å². The molecule has 0 spiro atoms. The monoisotopic (exact) mass is 350 g/mol. The maximum Gasteiger partial charge on any atom is 0.319 e. The molecule has 1 aromatic carbocycles. The predicted octanol–water partition coefficient (Wildman–Crippen LogP) is 1.42. The number of ether oxygens (including phenoxy) is 1. The summed E-state index contributed by atoms with van der Waals surface area (Å²) in [6, 6.07) is 7.27. The Morgan fingerprint density at radius 2 is 2.12 bits per heavy atom. The number of halogens is 1. The second-order valence-electron chi connectivity index (χ2n) is 3.20. The summed E-state index contributed by atoms with van der Waals surface area (Å²) in [5.74, 6) is 0. The summed E-state index contributed by atoms with van der Waals surface area (Å²) < 4.78 is 6.00. The van der Waals surface area contributed by atoms with Crippen LogP contribution in [-0.4, -0.2) is 37.5 Å². The lowest BCUT2D eigenvalue weighted by molar-refractivity contribution is 0.0950. The van der Waals surface area contributed by atoms with Crippen molar-refractivity contribution < 1.29 is 14.6 Å². The Labute approximate surface area is 114 Å². The standard InChI is InChI=1S/C11H15IN2O3/c12-9-3-1-2-4-10(9)14-11(16)13-5-7-17-8-6-15/h1-4,15H,5-8H2,(H2,13,14,16). The highest BCUT2D eigenvalue weighted by molar-refractivity contribution is 14.1. The van der Waals surface area contributed by atoms with E-state index in [9.17, 15) is 4.79 Å². The smallest absolute Gasteiger partial charge is 0.319 e. The fraction of sp³-hybridized carbons (Fsp3) is 0.364. The molecule has 2 amide bonds. The summed E-state index contributed by atoms with van der Waals surface area (Å²) >= 11 is 2.15. The molecule has 6 heteroatoms. The molecular weight excluding hydrogens is 335 g/mol. The summed E-state index contributed by atoms with van der Waals surface area (Å²) in [5.41, 5.74) is 0.780. The number of aliphatic hydroxyl groups is 1. The Bertz CT molecular complexity index is 360. The van der Waals surface area contributed by atoms with Crippen molar-refractivity contribution in [1.29, 1.82) is 0 Å². The van der Waals surface area contributed by atoms with Gasteiger partial charge in [0.05, 0.1) is 25.5 Å². The normalized spacial score (nSPS) is 10.0. The number of hydrogen-bond donors (Lipinski definition) is 3. The molecule has 0 aromatic heterocycles. The van der Waals surface area contributed by atoms with Crippen LogP contribution in [0, 0.1) is 3.57 Å². The van der Waals surface area contributed by atoms with Crippen LogP contribution in [0.2, 0.25) is 0 Å². The highest BCUT2D eigenvalue weighted by atomic mass is 127. The molecule has 94 valence electrons. The van der Waals surface area contributed by atoms with Gasteiger partial charge in [-0.2, -0.15) is 0 Å². The van der Waals surface area contributed by atoms with Crippen LogP contribution in [0.3, 0.4) is 0 Å². The minimum atomic E-state index is -0.262. The second-order valence-corrected chi connectivity index (χ2v) is 4.36. The van der Waals surface area contributed by atoms with Gasteiger partial charge in [0.25, 0.3) is 0 Å². The number of benzene rings is 1. The number of aliphatic hydroxyl groups excluding tert-OH is 1. The van der Waals surface area contributed by atoms with E-state index in [1.54, 1.807) is 0 Å². The van der Waals surface area contributed by atoms with E-state index in [1.165, 1.54) is 0 Å². The SMILES string of the molecule is O=C(NCCOCCO)Nc1ccccc1I. The third-order valence-corrected chi connectivity index (χ3v) is 2.83. The van der Waals surface area contributed by atoms with Crippen LogP contribution in [0.15, 0.2) is 24.3 Å². The molecule has 5 nitrogen and oxygen atoms in total. The zero-order valence-electron chi connectivity index (χ0n) is 9.28. The molecule has 0 fully saturated rings. The molecule has 1 rings (SSSR count). The molecule has 0 saturated heterocycles. The Kier molecular flexibility index (Phi) is 6.90. The van der Waals surface area contributed by atoms with Gasteiger partial charge < -0.3 is 20.5 Å². The van der Waals surface area contributed by atoms with E-state index in [0.29, 0.717) is 19.8 Å². The number of urea groups is 1. The number of rotatable bonds is 6. The lowest BCUT2D eigenvalue weighted by Gasteiger charge is -2.09. The van der Waals surface area contributed by atoms with Gasteiger partial charge in [0.1, 0.15) is 0 Å². The predicted molar refractivity (Wildman–Crippen MR) is 74.1 cm³/mol. The quantitative estimate of drug-likeness (QED) is 0.537. The maximum atomic E-state index is 11.5.